The Morgan fingerprint density at radius 1 is 1.32 bits per heavy atom. The minimum Gasteiger partial charge on any atom is -0.263 e. The van der Waals surface area contributed by atoms with Crippen LogP contribution in [0.15, 0.2) is 35.4 Å². The van der Waals surface area contributed by atoms with Gasteiger partial charge in [0.2, 0.25) is 0 Å². The van der Waals surface area contributed by atoms with Crippen LogP contribution in [0.2, 0.25) is 5.02 Å². The van der Waals surface area contributed by atoms with E-state index in [0.717, 1.165) is 36.1 Å². The number of hydrogen-bond acceptors (Lipinski definition) is 3. The van der Waals surface area contributed by atoms with Crippen LogP contribution < -0.4 is 4.72 Å². The summed E-state index contributed by atoms with van der Waals surface area (Å²) in [6, 6.07) is 5.05. The number of pyridine rings is 1. The van der Waals surface area contributed by atoms with Crippen molar-refractivity contribution >= 4 is 27.4 Å². The Hall–Kier alpha value is -1.66. The molecular weight excluding hydrogens is 327 g/mol. The van der Waals surface area contributed by atoms with Crippen LogP contribution >= 0.6 is 11.6 Å². The zero-order valence-electron chi connectivity index (χ0n) is 11.8. The first-order valence-corrected chi connectivity index (χ1v) is 8.67. The molecule has 0 aliphatic heterocycles. The van der Waals surface area contributed by atoms with E-state index in [-0.39, 0.29) is 9.92 Å². The lowest BCUT2D eigenvalue weighted by molar-refractivity contribution is 0.595. The van der Waals surface area contributed by atoms with Crippen LogP contribution in [0.3, 0.4) is 0 Å². The molecule has 1 N–H and O–H groups in total. The summed E-state index contributed by atoms with van der Waals surface area (Å²) in [5.74, 6) is -0.0575. The van der Waals surface area contributed by atoms with Gasteiger partial charge in [0.15, 0.2) is 0 Å². The average molecular weight is 341 g/mol. The molecular formula is C15H14ClFN2O2S. The highest BCUT2D eigenvalue weighted by Gasteiger charge is 2.30. The minimum absolute atomic E-state index is 0.0278. The fraction of sp³-hybridized carbons (Fsp3) is 0.267. The summed E-state index contributed by atoms with van der Waals surface area (Å²) in [5.41, 5.74) is 1.90. The summed E-state index contributed by atoms with van der Waals surface area (Å²) in [4.78, 5) is 3.92. The van der Waals surface area contributed by atoms with Crippen molar-refractivity contribution in [3.05, 3.63) is 52.4 Å². The van der Waals surface area contributed by atoms with Gasteiger partial charge in [0.1, 0.15) is 11.6 Å². The van der Waals surface area contributed by atoms with Crippen LogP contribution in [0.1, 0.15) is 29.9 Å². The summed E-state index contributed by atoms with van der Waals surface area (Å²) in [6.07, 6.45) is 3.59. The minimum atomic E-state index is -3.94. The molecule has 0 spiro atoms. The topological polar surface area (TPSA) is 59.1 Å². The first kappa shape index (κ1) is 15.2. The Bertz CT molecular complexity index is 815. The van der Waals surface area contributed by atoms with Crippen LogP contribution in [-0.4, -0.2) is 13.4 Å². The van der Waals surface area contributed by atoms with Crippen molar-refractivity contribution in [2.75, 3.05) is 4.72 Å². The van der Waals surface area contributed by atoms with E-state index in [9.17, 15) is 12.8 Å². The van der Waals surface area contributed by atoms with E-state index in [1.165, 1.54) is 6.07 Å². The fourth-order valence-corrected chi connectivity index (χ4v) is 3.78. The Labute approximate surface area is 133 Å². The second kappa shape index (κ2) is 5.52. The van der Waals surface area contributed by atoms with Gasteiger partial charge in [-0.25, -0.2) is 17.8 Å². The normalized spacial score (nSPS) is 14.9. The monoisotopic (exact) mass is 340 g/mol. The Balaban J connectivity index is 2.00. The molecule has 2 aromatic rings. The number of nitrogens with one attached hydrogen (secondary N) is 1. The summed E-state index contributed by atoms with van der Waals surface area (Å²) in [5, 5.41) is 0.0278. The maximum Gasteiger partial charge on any atom is 0.263 e. The molecule has 0 atom stereocenters. The molecule has 7 heteroatoms. The van der Waals surface area contributed by atoms with E-state index in [4.69, 9.17) is 11.6 Å². The molecule has 1 aromatic carbocycles. The van der Waals surface area contributed by atoms with E-state index in [1.807, 2.05) is 13.0 Å². The maximum atomic E-state index is 13.4. The van der Waals surface area contributed by atoms with Crippen LogP contribution in [0.25, 0.3) is 0 Å². The number of hydrogen-bond donors (Lipinski definition) is 1. The van der Waals surface area contributed by atoms with E-state index in [0.29, 0.717) is 11.7 Å². The third-order valence-electron chi connectivity index (χ3n) is 3.57. The summed E-state index contributed by atoms with van der Waals surface area (Å²) < 4.78 is 40.7. The van der Waals surface area contributed by atoms with Gasteiger partial charge in [-0.15, -0.1) is 0 Å². The lowest BCUT2D eigenvalue weighted by Crippen LogP contribution is -2.16. The molecule has 1 saturated carbocycles. The van der Waals surface area contributed by atoms with Crippen molar-refractivity contribution in [2.24, 2.45) is 0 Å². The van der Waals surface area contributed by atoms with Crippen LogP contribution in [0.5, 0.6) is 0 Å². The predicted octanol–water partition coefficient (Wildman–Crippen LogP) is 3.86. The zero-order valence-corrected chi connectivity index (χ0v) is 13.4. The van der Waals surface area contributed by atoms with E-state index in [1.54, 1.807) is 6.20 Å². The number of halogens is 2. The molecule has 0 unspecified atom stereocenters. The van der Waals surface area contributed by atoms with Gasteiger partial charge in [-0.3, -0.25) is 4.72 Å². The molecule has 0 saturated heterocycles. The fourth-order valence-electron chi connectivity index (χ4n) is 2.41. The van der Waals surface area contributed by atoms with Gasteiger partial charge < -0.3 is 0 Å². The Morgan fingerprint density at radius 3 is 2.68 bits per heavy atom. The van der Waals surface area contributed by atoms with Crippen LogP contribution in [0, 0.1) is 12.7 Å². The molecule has 116 valence electrons. The number of sulfonamides is 1. The zero-order chi connectivity index (χ0) is 15.9. The maximum absolute atomic E-state index is 13.4. The van der Waals surface area contributed by atoms with Crippen LogP contribution in [-0.2, 0) is 10.0 Å². The molecule has 22 heavy (non-hydrogen) atoms. The number of aryl methyl sites for hydroxylation is 1. The highest BCUT2D eigenvalue weighted by atomic mass is 35.5. The van der Waals surface area contributed by atoms with Gasteiger partial charge in [-0.05, 0) is 55.5 Å². The third-order valence-corrected chi connectivity index (χ3v) is 5.11. The van der Waals surface area contributed by atoms with Gasteiger partial charge in [-0.1, -0.05) is 11.6 Å². The lowest BCUT2D eigenvalue weighted by atomic mass is 10.1. The molecule has 3 rings (SSSR count). The highest BCUT2D eigenvalue weighted by molar-refractivity contribution is 7.92. The van der Waals surface area contributed by atoms with Gasteiger partial charge in [-0.2, -0.15) is 0 Å². The number of rotatable bonds is 4. The van der Waals surface area contributed by atoms with Gasteiger partial charge in [0.25, 0.3) is 10.0 Å². The first-order valence-electron chi connectivity index (χ1n) is 6.81. The van der Waals surface area contributed by atoms with Crippen molar-refractivity contribution in [1.29, 1.82) is 0 Å². The third kappa shape index (κ3) is 3.08. The quantitative estimate of drug-likeness (QED) is 0.919. The largest absolute Gasteiger partial charge is 0.263 e. The van der Waals surface area contributed by atoms with Crippen molar-refractivity contribution in [3.8, 4) is 0 Å². The molecule has 1 heterocycles. The second-order valence-electron chi connectivity index (χ2n) is 5.38. The van der Waals surface area contributed by atoms with Gasteiger partial charge in [0, 0.05) is 16.8 Å². The number of aromatic nitrogens is 1. The van der Waals surface area contributed by atoms with E-state index >= 15 is 0 Å². The summed E-state index contributed by atoms with van der Waals surface area (Å²) in [6.45, 7) is 1.92. The molecule has 1 aromatic heterocycles. The van der Waals surface area contributed by atoms with E-state index < -0.39 is 15.8 Å². The molecule has 1 aliphatic rings. The van der Waals surface area contributed by atoms with Gasteiger partial charge in [0.05, 0.1) is 4.90 Å². The summed E-state index contributed by atoms with van der Waals surface area (Å²) >= 11 is 5.73. The van der Waals surface area contributed by atoms with Crippen molar-refractivity contribution in [2.45, 2.75) is 30.6 Å². The Kier molecular flexibility index (Phi) is 3.82. The number of benzene rings is 1. The standard InChI is InChI=1S/C15H14ClFN2O2S/c1-9-4-5-18-15(14(9)10-2-3-10)19-22(20,21)13-7-11(16)6-12(17)8-13/h4-8,10H,2-3H2,1H3,(H,18,19). The second-order valence-corrected chi connectivity index (χ2v) is 7.49. The molecule has 1 aliphatic carbocycles. The van der Waals surface area contributed by atoms with Gasteiger partial charge >= 0.3 is 0 Å². The average Bonchev–Trinajstić information content (AvgIpc) is 3.21. The highest BCUT2D eigenvalue weighted by Crippen LogP contribution is 2.44. The number of nitrogens with zero attached hydrogens (tertiary/aromatic N) is 1. The Morgan fingerprint density at radius 2 is 2.05 bits per heavy atom. The SMILES string of the molecule is Cc1ccnc(NS(=O)(=O)c2cc(F)cc(Cl)c2)c1C1CC1. The van der Waals surface area contributed by atoms with Crippen molar-refractivity contribution in [3.63, 3.8) is 0 Å². The molecule has 0 radical (unpaired) electrons. The first-order chi connectivity index (χ1) is 10.4. The number of anilines is 1. The van der Waals surface area contributed by atoms with Crippen LogP contribution in [0.4, 0.5) is 10.2 Å². The molecule has 0 amide bonds. The smallest absolute Gasteiger partial charge is 0.263 e. The van der Waals surface area contributed by atoms with Crippen molar-refractivity contribution in [1.82, 2.24) is 4.98 Å². The lowest BCUT2D eigenvalue weighted by Gasteiger charge is -2.13. The van der Waals surface area contributed by atoms with E-state index in [2.05, 4.69) is 9.71 Å². The molecule has 0 bridgehead atoms. The predicted molar refractivity (Wildman–Crippen MR) is 83.2 cm³/mol. The molecule has 4 nitrogen and oxygen atoms in total. The summed E-state index contributed by atoms with van der Waals surface area (Å²) in [7, 11) is -3.94. The molecule has 1 fully saturated rings. The van der Waals surface area contributed by atoms with Crippen molar-refractivity contribution < 1.29 is 12.8 Å².